The van der Waals surface area contributed by atoms with Crippen molar-refractivity contribution in [2.24, 2.45) is 5.92 Å². The van der Waals surface area contributed by atoms with Crippen molar-refractivity contribution in [3.05, 3.63) is 0 Å². The molecule has 0 atom stereocenters. The molecule has 0 saturated heterocycles. The van der Waals surface area contributed by atoms with Crippen LogP contribution in [0.2, 0.25) is 0 Å². The first-order valence-corrected chi connectivity index (χ1v) is 6.60. The van der Waals surface area contributed by atoms with Crippen molar-refractivity contribution in [3.8, 4) is 0 Å². The third-order valence-corrected chi connectivity index (χ3v) is 6.77. The summed E-state index contributed by atoms with van der Waals surface area (Å²) < 4.78 is 1.73. The Kier molecular flexibility index (Phi) is 6.15. The lowest BCUT2D eigenvalue weighted by atomic mass is 10.1. The van der Waals surface area contributed by atoms with E-state index < -0.39 is 0 Å². The van der Waals surface area contributed by atoms with Crippen LogP contribution in [0.3, 0.4) is 0 Å². The Morgan fingerprint density at radius 1 is 1.33 bits per heavy atom. The van der Waals surface area contributed by atoms with Gasteiger partial charge in [-0.15, -0.1) is 0 Å². The van der Waals surface area contributed by atoms with E-state index in [0.717, 1.165) is 5.92 Å². The van der Waals surface area contributed by atoms with E-state index in [-0.39, 0.29) is 0 Å². The van der Waals surface area contributed by atoms with E-state index in [1.54, 1.807) is 0 Å². The molecule has 0 aromatic carbocycles. The number of hydrogen-bond acceptors (Lipinski definition) is 0. The van der Waals surface area contributed by atoms with Gasteiger partial charge in [-0.3, -0.25) is 0 Å². The van der Waals surface area contributed by atoms with Crippen LogP contribution in [0.25, 0.3) is 0 Å². The molecule has 0 aromatic heterocycles. The molecule has 0 rings (SSSR count). The molecule has 3 heteroatoms. The van der Waals surface area contributed by atoms with E-state index in [4.69, 9.17) is 0 Å². The van der Waals surface area contributed by atoms with Gasteiger partial charge >= 0.3 is 0 Å². The van der Waals surface area contributed by atoms with E-state index in [1.807, 2.05) is 0 Å². The fourth-order valence-corrected chi connectivity index (χ4v) is 2.72. The molecular formula is C6H11I3. The highest BCUT2D eigenvalue weighted by atomic mass is 127. The van der Waals surface area contributed by atoms with Gasteiger partial charge in [0.15, 0.2) is 0 Å². The zero-order valence-electron chi connectivity index (χ0n) is 5.63. The minimum atomic E-state index is 0.490. The average molecular weight is 464 g/mol. The fraction of sp³-hybridized carbons (Fsp3) is 1.00. The van der Waals surface area contributed by atoms with Gasteiger partial charge in [0.2, 0.25) is 0 Å². The molecule has 0 amide bonds. The largest absolute Gasteiger partial charge is 0.0841 e. The van der Waals surface area contributed by atoms with Crippen molar-refractivity contribution >= 4 is 67.8 Å². The summed E-state index contributed by atoms with van der Waals surface area (Å²) in [6.45, 7) is 4.55. The van der Waals surface area contributed by atoms with Crippen molar-refractivity contribution in [2.75, 3.05) is 4.43 Å². The quantitative estimate of drug-likeness (QED) is 0.438. The minimum Gasteiger partial charge on any atom is -0.0841 e. The molecular weight excluding hydrogens is 453 g/mol. The molecule has 0 aliphatic carbocycles. The molecule has 0 heterocycles. The summed E-state index contributed by atoms with van der Waals surface area (Å²) in [4.78, 5) is 0. The third kappa shape index (κ3) is 6.58. The zero-order valence-corrected chi connectivity index (χ0v) is 12.1. The van der Waals surface area contributed by atoms with E-state index >= 15 is 0 Å². The summed E-state index contributed by atoms with van der Waals surface area (Å²) in [6, 6.07) is 0. The van der Waals surface area contributed by atoms with Gasteiger partial charge in [-0.2, -0.15) is 0 Å². The van der Waals surface area contributed by atoms with Gasteiger partial charge in [0, 0.05) is 4.43 Å². The lowest BCUT2D eigenvalue weighted by Crippen LogP contribution is -2.15. The highest BCUT2D eigenvalue weighted by Crippen LogP contribution is 2.36. The van der Waals surface area contributed by atoms with Gasteiger partial charge in [-0.1, -0.05) is 81.6 Å². The number of alkyl halides is 3. The van der Waals surface area contributed by atoms with Crippen LogP contribution < -0.4 is 0 Å². The van der Waals surface area contributed by atoms with Crippen LogP contribution in [-0.4, -0.2) is 5.86 Å². The zero-order chi connectivity index (χ0) is 7.49. The summed E-state index contributed by atoms with van der Waals surface area (Å²) in [5.74, 6) is 0.827. The predicted octanol–water partition coefficient (Wildman–Crippen LogP) is 4.03. The molecule has 0 N–H and O–H groups in total. The second kappa shape index (κ2) is 4.95. The van der Waals surface area contributed by atoms with Crippen LogP contribution in [0.4, 0.5) is 0 Å². The fourth-order valence-electron chi connectivity index (χ4n) is 0.652. The van der Waals surface area contributed by atoms with E-state index in [2.05, 4.69) is 81.6 Å². The highest BCUT2D eigenvalue weighted by Gasteiger charge is 2.21. The van der Waals surface area contributed by atoms with Crippen LogP contribution >= 0.6 is 67.8 Å². The van der Waals surface area contributed by atoms with Crippen LogP contribution in [-0.2, 0) is 0 Å². The third-order valence-electron chi connectivity index (χ3n) is 0.902. The number of halogens is 3. The molecule has 0 fully saturated rings. The van der Waals surface area contributed by atoms with Crippen molar-refractivity contribution in [1.29, 1.82) is 0 Å². The Labute approximate surface area is 98.3 Å². The Balaban J connectivity index is 3.58. The summed E-state index contributed by atoms with van der Waals surface area (Å²) >= 11 is 7.52. The standard InChI is InChI=1S/C6H11I3/c1-5(2)3-6(8,9)4-7/h5H,3-4H2,1-2H3. The van der Waals surface area contributed by atoms with Gasteiger partial charge in [-0.05, 0) is 12.3 Å². The summed E-state index contributed by atoms with van der Waals surface area (Å²) in [6.07, 6.45) is 1.32. The maximum atomic E-state index is 2.53. The molecule has 0 nitrogen and oxygen atoms in total. The summed E-state index contributed by atoms with van der Waals surface area (Å²) in [5, 5.41) is 0. The van der Waals surface area contributed by atoms with Crippen LogP contribution in [0, 0.1) is 5.92 Å². The molecule has 0 aromatic rings. The van der Waals surface area contributed by atoms with E-state index in [1.165, 1.54) is 10.8 Å². The summed E-state index contributed by atoms with van der Waals surface area (Å²) in [5.41, 5.74) is 0. The minimum absolute atomic E-state index is 0.490. The van der Waals surface area contributed by atoms with Gasteiger partial charge in [0.1, 0.15) is 0 Å². The first kappa shape index (κ1) is 11.2. The van der Waals surface area contributed by atoms with Crippen LogP contribution in [0.1, 0.15) is 20.3 Å². The SMILES string of the molecule is CC(C)CC(I)(I)CI. The highest BCUT2D eigenvalue weighted by molar-refractivity contribution is 14.2. The Bertz CT molecular complexity index is 78.4. The maximum absolute atomic E-state index is 2.53. The van der Waals surface area contributed by atoms with E-state index in [9.17, 15) is 0 Å². The van der Waals surface area contributed by atoms with Crippen molar-refractivity contribution in [2.45, 2.75) is 21.7 Å². The van der Waals surface area contributed by atoms with Crippen molar-refractivity contribution in [1.82, 2.24) is 0 Å². The van der Waals surface area contributed by atoms with Gasteiger partial charge < -0.3 is 0 Å². The van der Waals surface area contributed by atoms with Crippen molar-refractivity contribution in [3.63, 3.8) is 0 Å². The molecule has 0 unspecified atom stereocenters. The van der Waals surface area contributed by atoms with Gasteiger partial charge in [0.05, 0.1) is 1.43 Å². The Morgan fingerprint density at radius 2 is 1.78 bits per heavy atom. The second-order valence-electron chi connectivity index (χ2n) is 2.59. The smallest absolute Gasteiger partial charge is 0.0825 e. The molecule has 0 spiro atoms. The molecule has 0 aliphatic rings. The molecule has 9 heavy (non-hydrogen) atoms. The van der Waals surface area contributed by atoms with Gasteiger partial charge in [0.25, 0.3) is 0 Å². The number of rotatable bonds is 3. The molecule has 0 bridgehead atoms. The lowest BCUT2D eigenvalue weighted by Gasteiger charge is -2.19. The van der Waals surface area contributed by atoms with Crippen LogP contribution in [0.5, 0.6) is 0 Å². The first-order valence-electron chi connectivity index (χ1n) is 2.92. The van der Waals surface area contributed by atoms with Gasteiger partial charge in [-0.25, -0.2) is 0 Å². The average Bonchev–Trinajstić information content (AvgIpc) is 1.63. The van der Waals surface area contributed by atoms with Crippen molar-refractivity contribution < 1.29 is 0 Å². The topological polar surface area (TPSA) is 0 Å². The first-order chi connectivity index (χ1) is 3.98. The van der Waals surface area contributed by atoms with Crippen LogP contribution in [0.15, 0.2) is 0 Å². The molecule has 0 saturated carbocycles. The normalized spacial score (nSPS) is 12.7. The predicted molar refractivity (Wildman–Crippen MR) is 69.1 cm³/mol. The number of hydrogen-bond donors (Lipinski definition) is 0. The molecule has 56 valence electrons. The van der Waals surface area contributed by atoms with E-state index in [0.29, 0.717) is 1.43 Å². The Hall–Kier alpha value is 2.19. The molecule has 0 aliphatic heterocycles. The molecule has 0 radical (unpaired) electrons. The lowest BCUT2D eigenvalue weighted by molar-refractivity contribution is 0.591. The summed E-state index contributed by atoms with van der Waals surface area (Å²) in [7, 11) is 0. The maximum Gasteiger partial charge on any atom is 0.0825 e. The monoisotopic (exact) mass is 464 g/mol. The second-order valence-corrected chi connectivity index (χ2v) is 9.54. The Morgan fingerprint density at radius 3 is 1.89 bits per heavy atom.